The van der Waals surface area contributed by atoms with Gasteiger partial charge in [-0.3, -0.25) is 5.10 Å². The summed E-state index contributed by atoms with van der Waals surface area (Å²) in [7, 11) is 0. The standard InChI is InChI=1S/C16H15N3/c1-11-4-2-3-5-14(11)16-10-15(18-19-16)12-6-8-13(17)9-7-12/h2-10H,17H2,1H3,(H,18,19). The first-order chi connectivity index (χ1) is 9.24. The highest BCUT2D eigenvalue weighted by molar-refractivity contribution is 5.70. The van der Waals surface area contributed by atoms with E-state index in [9.17, 15) is 0 Å². The molecule has 3 aromatic rings. The molecule has 3 rings (SSSR count). The van der Waals surface area contributed by atoms with Gasteiger partial charge in [0.15, 0.2) is 0 Å². The minimum absolute atomic E-state index is 0.762. The summed E-state index contributed by atoms with van der Waals surface area (Å²) in [5, 5.41) is 7.46. The van der Waals surface area contributed by atoms with Crippen molar-refractivity contribution < 1.29 is 0 Å². The normalized spacial score (nSPS) is 10.6. The second-order valence-electron chi connectivity index (χ2n) is 4.60. The van der Waals surface area contributed by atoms with E-state index < -0.39 is 0 Å². The van der Waals surface area contributed by atoms with Crippen molar-refractivity contribution in [3.8, 4) is 22.5 Å². The third-order valence-electron chi connectivity index (χ3n) is 3.22. The van der Waals surface area contributed by atoms with E-state index in [1.807, 2.05) is 36.4 Å². The number of aromatic amines is 1. The van der Waals surface area contributed by atoms with Gasteiger partial charge in [0.25, 0.3) is 0 Å². The number of aromatic nitrogens is 2. The number of anilines is 1. The van der Waals surface area contributed by atoms with Crippen molar-refractivity contribution in [2.45, 2.75) is 6.92 Å². The van der Waals surface area contributed by atoms with Crippen molar-refractivity contribution in [1.82, 2.24) is 10.2 Å². The Labute approximate surface area is 112 Å². The van der Waals surface area contributed by atoms with Crippen molar-refractivity contribution in [3.05, 3.63) is 60.2 Å². The summed E-state index contributed by atoms with van der Waals surface area (Å²) < 4.78 is 0. The number of nitrogens with zero attached hydrogens (tertiary/aromatic N) is 1. The molecule has 0 spiro atoms. The average molecular weight is 249 g/mol. The zero-order chi connectivity index (χ0) is 13.2. The Bertz CT molecular complexity index is 696. The van der Waals surface area contributed by atoms with Crippen LogP contribution in [0, 0.1) is 6.92 Å². The van der Waals surface area contributed by atoms with E-state index in [0.717, 1.165) is 22.6 Å². The quantitative estimate of drug-likeness (QED) is 0.681. The van der Waals surface area contributed by atoms with Gasteiger partial charge in [-0.25, -0.2) is 0 Å². The van der Waals surface area contributed by atoms with Crippen LogP contribution in [-0.2, 0) is 0 Å². The maximum Gasteiger partial charge on any atom is 0.0927 e. The molecule has 94 valence electrons. The zero-order valence-electron chi connectivity index (χ0n) is 10.7. The van der Waals surface area contributed by atoms with Crippen LogP contribution in [0.2, 0.25) is 0 Å². The second-order valence-corrected chi connectivity index (χ2v) is 4.60. The molecule has 1 heterocycles. The lowest BCUT2D eigenvalue weighted by Crippen LogP contribution is -1.83. The minimum atomic E-state index is 0.762. The highest BCUT2D eigenvalue weighted by atomic mass is 15.1. The first kappa shape index (κ1) is 11.5. The number of hydrogen-bond donors (Lipinski definition) is 2. The first-order valence-electron chi connectivity index (χ1n) is 6.21. The predicted octanol–water partition coefficient (Wildman–Crippen LogP) is 3.63. The number of nitrogens with one attached hydrogen (secondary N) is 1. The molecular weight excluding hydrogens is 234 g/mol. The van der Waals surface area contributed by atoms with Crippen LogP contribution >= 0.6 is 0 Å². The summed E-state index contributed by atoms with van der Waals surface area (Å²) in [5.74, 6) is 0. The molecule has 0 amide bonds. The molecular formula is C16H15N3. The Hall–Kier alpha value is -2.55. The third-order valence-corrected chi connectivity index (χ3v) is 3.22. The minimum Gasteiger partial charge on any atom is -0.399 e. The fraction of sp³-hybridized carbons (Fsp3) is 0.0625. The third kappa shape index (κ3) is 2.22. The van der Waals surface area contributed by atoms with Gasteiger partial charge in [0.2, 0.25) is 0 Å². The molecule has 3 nitrogen and oxygen atoms in total. The van der Waals surface area contributed by atoms with Crippen molar-refractivity contribution in [2.75, 3.05) is 5.73 Å². The number of benzene rings is 2. The number of hydrogen-bond acceptors (Lipinski definition) is 2. The largest absolute Gasteiger partial charge is 0.399 e. The maximum atomic E-state index is 5.69. The van der Waals surface area contributed by atoms with Crippen LogP contribution in [0.15, 0.2) is 54.6 Å². The van der Waals surface area contributed by atoms with Gasteiger partial charge in [-0.2, -0.15) is 5.10 Å². The highest BCUT2D eigenvalue weighted by Crippen LogP contribution is 2.26. The average Bonchev–Trinajstić information content (AvgIpc) is 2.89. The molecule has 0 atom stereocenters. The van der Waals surface area contributed by atoms with E-state index in [0.29, 0.717) is 0 Å². The molecule has 19 heavy (non-hydrogen) atoms. The molecule has 0 unspecified atom stereocenters. The first-order valence-corrected chi connectivity index (χ1v) is 6.21. The van der Waals surface area contributed by atoms with Gasteiger partial charge in [0.05, 0.1) is 11.4 Å². The van der Waals surface area contributed by atoms with Crippen LogP contribution in [0.5, 0.6) is 0 Å². The number of nitrogens with two attached hydrogens (primary N) is 1. The van der Waals surface area contributed by atoms with Gasteiger partial charge < -0.3 is 5.73 Å². The fourth-order valence-corrected chi connectivity index (χ4v) is 2.14. The predicted molar refractivity (Wildman–Crippen MR) is 78.6 cm³/mol. The Kier molecular flexibility index (Phi) is 2.80. The van der Waals surface area contributed by atoms with Crippen LogP contribution in [-0.4, -0.2) is 10.2 Å². The van der Waals surface area contributed by atoms with Crippen LogP contribution in [0.4, 0.5) is 5.69 Å². The molecule has 0 aliphatic carbocycles. The lowest BCUT2D eigenvalue weighted by atomic mass is 10.0. The molecule has 0 fully saturated rings. The number of aryl methyl sites for hydroxylation is 1. The SMILES string of the molecule is Cc1ccccc1-c1cc(-c2ccc(N)cc2)n[nH]1. The van der Waals surface area contributed by atoms with Crippen LogP contribution < -0.4 is 5.73 Å². The summed E-state index contributed by atoms with van der Waals surface area (Å²) in [4.78, 5) is 0. The Balaban J connectivity index is 2.00. The molecule has 0 saturated carbocycles. The maximum absolute atomic E-state index is 5.69. The smallest absolute Gasteiger partial charge is 0.0927 e. The molecule has 3 heteroatoms. The van der Waals surface area contributed by atoms with Crippen molar-refractivity contribution >= 4 is 5.69 Å². The number of rotatable bonds is 2. The van der Waals surface area contributed by atoms with Crippen molar-refractivity contribution in [2.24, 2.45) is 0 Å². The molecule has 0 radical (unpaired) electrons. The topological polar surface area (TPSA) is 54.7 Å². The van der Waals surface area contributed by atoms with Gasteiger partial charge in [-0.15, -0.1) is 0 Å². The van der Waals surface area contributed by atoms with Crippen molar-refractivity contribution in [1.29, 1.82) is 0 Å². The highest BCUT2D eigenvalue weighted by Gasteiger charge is 2.07. The van der Waals surface area contributed by atoms with E-state index in [1.54, 1.807) is 0 Å². The Morgan fingerprint density at radius 1 is 1.00 bits per heavy atom. The number of H-pyrrole nitrogens is 1. The van der Waals surface area contributed by atoms with E-state index in [2.05, 4.69) is 35.3 Å². The summed E-state index contributed by atoms with van der Waals surface area (Å²) >= 11 is 0. The van der Waals surface area contributed by atoms with Gasteiger partial charge in [-0.1, -0.05) is 36.4 Å². The van der Waals surface area contributed by atoms with E-state index >= 15 is 0 Å². The second kappa shape index (κ2) is 4.61. The lowest BCUT2D eigenvalue weighted by molar-refractivity contribution is 1.10. The van der Waals surface area contributed by atoms with E-state index in [4.69, 9.17) is 5.73 Å². The molecule has 0 aliphatic heterocycles. The van der Waals surface area contributed by atoms with Gasteiger partial charge in [-0.05, 0) is 30.7 Å². The van der Waals surface area contributed by atoms with Crippen molar-refractivity contribution in [3.63, 3.8) is 0 Å². The van der Waals surface area contributed by atoms with Crippen LogP contribution in [0.25, 0.3) is 22.5 Å². The Morgan fingerprint density at radius 3 is 2.47 bits per heavy atom. The lowest BCUT2D eigenvalue weighted by Gasteiger charge is -2.01. The van der Waals surface area contributed by atoms with E-state index in [-0.39, 0.29) is 0 Å². The summed E-state index contributed by atoms with van der Waals surface area (Å²) in [5.41, 5.74) is 11.9. The molecule has 3 N–H and O–H groups in total. The Morgan fingerprint density at radius 2 is 1.74 bits per heavy atom. The molecule has 0 saturated heterocycles. The molecule has 0 aliphatic rings. The van der Waals surface area contributed by atoms with Gasteiger partial charge >= 0.3 is 0 Å². The zero-order valence-corrected chi connectivity index (χ0v) is 10.7. The van der Waals surface area contributed by atoms with Gasteiger partial charge in [0.1, 0.15) is 0 Å². The molecule has 2 aromatic carbocycles. The van der Waals surface area contributed by atoms with E-state index in [1.165, 1.54) is 11.1 Å². The number of nitrogen functional groups attached to an aromatic ring is 1. The summed E-state index contributed by atoms with van der Waals surface area (Å²) in [6, 6.07) is 18.1. The van der Waals surface area contributed by atoms with Crippen LogP contribution in [0.1, 0.15) is 5.56 Å². The van der Waals surface area contributed by atoms with Gasteiger partial charge in [0, 0.05) is 16.8 Å². The monoisotopic (exact) mass is 249 g/mol. The summed E-state index contributed by atoms with van der Waals surface area (Å²) in [6.45, 7) is 2.10. The summed E-state index contributed by atoms with van der Waals surface area (Å²) in [6.07, 6.45) is 0. The fourth-order valence-electron chi connectivity index (χ4n) is 2.14. The molecule has 1 aromatic heterocycles. The molecule has 0 bridgehead atoms. The van der Waals surface area contributed by atoms with Crippen LogP contribution in [0.3, 0.4) is 0 Å².